The lowest BCUT2D eigenvalue weighted by molar-refractivity contribution is 0.523. The molecule has 2 heterocycles. The third-order valence-electron chi connectivity index (χ3n) is 3.54. The van der Waals surface area contributed by atoms with Crippen molar-refractivity contribution in [1.29, 1.82) is 0 Å². The summed E-state index contributed by atoms with van der Waals surface area (Å²) in [6, 6.07) is 10.2. The highest BCUT2D eigenvalue weighted by Gasteiger charge is 2.28. The fraction of sp³-hybridized carbons (Fsp3) is 0.333. The molecule has 2 aromatic rings. The number of anilines is 1. The predicted octanol–water partition coefficient (Wildman–Crippen LogP) is 3.92. The third kappa shape index (κ3) is 2.45. The molecule has 0 saturated heterocycles. The predicted molar refractivity (Wildman–Crippen MR) is 84.0 cm³/mol. The summed E-state index contributed by atoms with van der Waals surface area (Å²) in [4.78, 5) is 9.16. The van der Waals surface area contributed by atoms with Crippen LogP contribution in [0.1, 0.15) is 20.3 Å². The second kappa shape index (κ2) is 4.85. The zero-order valence-electron chi connectivity index (χ0n) is 11.2. The quantitative estimate of drug-likeness (QED) is 0.899. The van der Waals surface area contributed by atoms with Crippen LogP contribution in [0.4, 0.5) is 5.69 Å². The highest BCUT2D eigenvalue weighted by atomic mass is 32.2. The van der Waals surface area contributed by atoms with E-state index in [0.29, 0.717) is 0 Å². The number of aromatic nitrogens is 1. The molecule has 98 valence electrons. The van der Waals surface area contributed by atoms with Crippen molar-refractivity contribution in [2.45, 2.75) is 25.8 Å². The summed E-state index contributed by atoms with van der Waals surface area (Å²) < 4.78 is 0. The molecule has 0 spiro atoms. The van der Waals surface area contributed by atoms with Crippen molar-refractivity contribution < 1.29 is 0 Å². The fourth-order valence-corrected chi connectivity index (χ4v) is 3.29. The number of nitrogens with one attached hydrogen (secondary N) is 1. The van der Waals surface area contributed by atoms with Gasteiger partial charge in [0, 0.05) is 23.0 Å². The minimum atomic E-state index is 0.0792. The van der Waals surface area contributed by atoms with E-state index in [4.69, 9.17) is 4.99 Å². The zero-order chi connectivity index (χ0) is 13.3. The topological polar surface area (TPSA) is 37.3 Å². The molecule has 1 aliphatic heterocycles. The average Bonchev–Trinajstić information content (AvgIpc) is 2.82. The summed E-state index contributed by atoms with van der Waals surface area (Å²) >= 11 is 1.80. The van der Waals surface area contributed by atoms with Gasteiger partial charge >= 0.3 is 0 Å². The first kappa shape index (κ1) is 12.5. The molecule has 4 heteroatoms. The van der Waals surface area contributed by atoms with Gasteiger partial charge in [-0.25, -0.2) is 0 Å². The molecule has 0 aliphatic carbocycles. The van der Waals surface area contributed by atoms with Crippen molar-refractivity contribution in [3.63, 3.8) is 0 Å². The third-order valence-corrected chi connectivity index (χ3v) is 4.77. The Kier molecular flexibility index (Phi) is 3.19. The maximum atomic E-state index is 4.79. The van der Waals surface area contributed by atoms with Gasteiger partial charge in [0.05, 0.1) is 11.1 Å². The summed E-state index contributed by atoms with van der Waals surface area (Å²) in [6.07, 6.45) is 2.89. The van der Waals surface area contributed by atoms with E-state index >= 15 is 0 Å². The first-order valence-corrected chi connectivity index (χ1v) is 7.52. The number of rotatable bonds is 2. The van der Waals surface area contributed by atoms with Crippen LogP contribution in [0.5, 0.6) is 0 Å². The van der Waals surface area contributed by atoms with Crippen LogP contribution in [0.3, 0.4) is 0 Å². The van der Waals surface area contributed by atoms with Crippen molar-refractivity contribution in [1.82, 2.24) is 4.98 Å². The van der Waals surface area contributed by atoms with Crippen LogP contribution >= 0.6 is 11.8 Å². The highest BCUT2D eigenvalue weighted by Crippen LogP contribution is 2.32. The van der Waals surface area contributed by atoms with Gasteiger partial charge in [-0.15, -0.1) is 0 Å². The van der Waals surface area contributed by atoms with Crippen LogP contribution in [-0.4, -0.2) is 21.4 Å². The second-order valence-electron chi connectivity index (χ2n) is 5.06. The van der Waals surface area contributed by atoms with Crippen LogP contribution in [0.15, 0.2) is 41.5 Å². The van der Waals surface area contributed by atoms with Crippen molar-refractivity contribution in [3.05, 3.63) is 36.5 Å². The Morgan fingerprint density at radius 3 is 3.00 bits per heavy atom. The van der Waals surface area contributed by atoms with Crippen LogP contribution in [0, 0.1) is 0 Å². The Labute approximate surface area is 117 Å². The number of thioether (sulfide) groups is 1. The number of benzene rings is 1. The molecule has 3 nitrogen and oxygen atoms in total. The van der Waals surface area contributed by atoms with Gasteiger partial charge in [-0.1, -0.05) is 24.8 Å². The Morgan fingerprint density at radius 2 is 2.21 bits per heavy atom. The summed E-state index contributed by atoms with van der Waals surface area (Å²) in [5, 5.41) is 5.60. The van der Waals surface area contributed by atoms with Gasteiger partial charge in [-0.2, -0.15) is 0 Å². The number of pyridine rings is 1. The normalized spacial score (nSPS) is 22.5. The van der Waals surface area contributed by atoms with Gasteiger partial charge in [-0.05, 0) is 37.6 Å². The van der Waals surface area contributed by atoms with Gasteiger partial charge in [-0.3, -0.25) is 9.98 Å². The first-order chi connectivity index (χ1) is 9.20. The SMILES string of the molecule is CCC1(C)CSC(Nc2cccc3ncccc23)=N1. The van der Waals surface area contributed by atoms with E-state index in [-0.39, 0.29) is 5.54 Å². The Bertz CT molecular complexity index is 633. The van der Waals surface area contributed by atoms with Crippen molar-refractivity contribution in [2.75, 3.05) is 11.1 Å². The molecule has 1 N–H and O–H groups in total. The molecule has 0 saturated carbocycles. The monoisotopic (exact) mass is 271 g/mol. The molecule has 19 heavy (non-hydrogen) atoms. The molecule has 0 radical (unpaired) electrons. The highest BCUT2D eigenvalue weighted by molar-refractivity contribution is 8.14. The Morgan fingerprint density at radius 1 is 1.32 bits per heavy atom. The van der Waals surface area contributed by atoms with Crippen LogP contribution in [0.2, 0.25) is 0 Å². The molecule has 0 fully saturated rings. The number of hydrogen-bond acceptors (Lipinski definition) is 4. The Hall–Kier alpha value is -1.55. The van der Waals surface area contributed by atoms with E-state index in [1.54, 1.807) is 11.8 Å². The van der Waals surface area contributed by atoms with Crippen LogP contribution in [0.25, 0.3) is 10.9 Å². The molecule has 3 rings (SSSR count). The lowest BCUT2D eigenvalue weighted by Gasteiger charge is -2.15. The molecular weight excluding hydrogens is 254 g/mol. The van der Waals surface area contributed by atoms with Crippen molar-refractivity contribution in [3.8, 4) is 0 Å². The fourth-order valence-electron chi connectivity index (χ4n) is 2.11. The van der Waals surface area contributed by atoms with Crippen molar-refractivity contribution in [2.24, 2.45) is 4.99 Å². The molecule has 1 atom stereocenters. The van der Waals surface area contributed by atoms with Gasteiger partial charge in [0.25, 0.3) is 0 Å². The minimum Gasteiger partial charge on any atom is -0.334 e. The van der Waals surface area contributed by atoms with Crippen LogP contribution in [-0.2, 0) is 0 Å². The molecule has 1 aliphatic rings. The first-order valence-electron chi connectivity index (χ1n) is 6.54. The smallest absolute Gasteiger partial charge is 0.161 e. The van der Waals surface area contributed by atoms with E-state index in [2.05, 4.69) is 36.3 Å². The zero-order valence-corrected chi connectivity index (χ0v) is 12.0. The number of nitrogens with zero attached hydrogens (tertiary/aromatic N) is 2. The summed E-state index contributed by atoms with van der Waals surface area (Å²) in [5.74, 6) is 1.05. The lowest BCUT2D eigenvalue weighted by atomic mass is 10.0. The average molecular weight is 271 g/mol. The summed E-state index contributed by atoms with van der Waals surface area (Å²) in [5.41, 5.74) is 2.17. The Balaban J connectivity index is 1.93. The second-order valence-corrected chi connectivity index (χ2v) is 6.02. The van der Waals surface area contributed by atoms with E-state index in [0.717, 1.165) is 33.9 Å². The lowest BCUT2D eigenvalue weighted by Crippen LogP contribution is -2.20. The van der Waals surface area contributed by atoms with Gasteiger partial charge in [0.15, 0.2) is 5.17 Å². The van der Waals surface area contributed by atoms with E-state index < -0.39 is 0 Å². The van der Waals surface area contributed by atoms with Gasteiger partial charge in [0.1, 0.15) is 0 Å². The molecule has 1 aromatic heterocycles. The maximum absolute atomic E-state index is 4.79. The van der Waals surface area contributed by atoms with E-state index in [1.807, 2.05) is 24.4 Å². The van der Waals surface area contributed by atoms with E-state index in [1.165, 1.54) is 0 Å². The molecule has 0 amide bonds. The molecule has 1 aromatic carbocycles. The maximum Gasteiger partial charge on any atom is 0.161 e. The largest absolute Gasteiger partial charge is 0.334 e. The summed E-state index contributed by atoms with van der Waals surface area (Å²) in [6.45, 7) is 4.40. The minimum absolute atomic E-state index is 0.0792. The number of amidine groups is 1. The van der Waals surface area contributed by atoms with Crippen molar-refractivity contribution >= 4 is 33.5 Å². The van der Waals surface area contributed by atoms with Gasteiger partial charge in [0.2, 0.25) is 0 Å². The standard InChI is InChI=1S/C15H17N3S/c1-3-15(2)10-19-14(18-15)17-13-8-4-7-12-11(13)6-5-9-16-12/h4-9H,3,10H2,1-2H3,(H,17,18). The molecular formula is C15H17N3S. The number of fused-ring (bicyclic) bond motifs is 1. The number of hydrogen-bond donors (Lipinski definition) is 1. The number of aliphatic imine (C=N–C) groups is 1. The molecule has 0 bridgehead atoms. The summed E-state index contributed by atoms with van der Waals surface area (Å²) in [7, 11) is 0. The van der Waals surface area contributed by atoms with E-state index in [9.17, 15) is 0 Å². The van der Waals surface area contributed by atoms with Crippen LogP contribution < -0.4 is 5.32 Å². The van der Waals surface area contributed by atoms with Gasteiger partial charge < -0.3 is 5.32 Å². The molecule has 1 unspecified atom stereocenters.